The van der Waals surface area contributed by atoms with E-state index in [4.69, 9.17) is 9.15 Å². The zero-order valence-corrected chi connectivity index (χ0v) is 12.1. The average molecular weight is 316 g/mol. The molecule has 0 amide bonds. The summed E-state index contributed by atoms with van der Waals surface area (Å²) in [6.07, 6.45) is 3.69. The number of piperidine rings is 1. The number of halogens is 1. The fraction of sp³-hybridized carbons (Fsp3) is 0.615. The van der Waals surface area contributed by atoms with Crippen LogP contribution in [-0.4, -0.2) is 37.6 Å². The summed E-state index contributed by atoms with van der Waals surface area (Å²) in [6.45, 7) is 2.78. The Bertz CT molecular complexity index is 399. The molecule has 0 aliphatic carbocycles. The normalized spacial score (nSPS) is 18.6. The molecular weight excluding hydrogens is 298 g/mol. The van der Waals surface area contributed by atoms with Gasteiger partial charge in [-0.05, 0) is 54.0 Å². The molecule has 1 aromatic rings. The maximum atomic E-state index is 11.9. The van der Waals surface area contributed by atoms with Crippen LogP contribution in [0.5, 0.6) is 0 Å². The van der Waals surface area contributed by atoms with Crippen molar-refractivity contribution in [1.82, 2.24) is 4.90 Å². The van der Waals surface area contributed by atoms with Crippen LogP contribution in [0.2, 0.25) is 0 Å². The van der Waals surface area contributed by atoms with Crippen LogP contribution in [0.15, 0.2) is 21.2 Å². The Labute approximate surface area is 115 Å². The van der Waals surface area contributed by atoms with Gasteiger partial charge < -0.3 is 14.1 Å². The lowest BCUT2D eigenvalue weighted by atomic mass is 10.0. The molecule has 1 unspecified atom stereocenters. The highest BCUT2D eigenvalue weighted by atomic mass is 79.9. The third-order valence-electron chi connectivity index (χ3n) is 3.31. The third-order valence-corrected chi connectivity index (χ3v) is 3.74. The summed E-state index contributed by atoms with van der Waals surface area (Å²) in [5, 5.41) is 0. The standard InChI is InChI=1S/C13H18BrNO3/c1-17-13(16)10(11-5-6-12(14)18-11)9-15-7-3-2-4-8-15/h5-6,10H,2-4,7-9H2,1H3. The smallest absolute Gasteiger partial charge is 0.317 e. The van der Waals surface area contributed by atoms with Crippen LogP contribution in [-0.2, 0) is 9.53 Å². The molecule has 1 aliphatic heterocycles. The Kier molecular flexibility index (Phi) is 4.83. The van der Waals surface area contributed by atoms with Crippen LogP contribution in [0.1, 0.15) is 30.9 Å². The first-order valence-electron chi connectivity index (χ1n) is 6.26. The first kappa shape index (κ1) is 13.6. The van der Waals surface area contributed by atoms with Gasteiger partial charge in [0.15, 0.2) is 4.67 Å². The second-order valence-corrected chi connectivity index (χ2v) is 5.36. The Morgan fingerprint density at radius 2 is 2.17 bits per heavy atom. The van der Waals surface area contributed by atoms with Gasteiger partial charge in [0.2, 0.25) is 0 Å². The van der Waals surface area contributed by atoms with Crippen molar-refractivity contribution in [3.8, 4) is 0 Å². The molecule has 1 fully saturated rings. The largest absolute Gasteiger partial charge is 0.468 e. The number of carbonyl (C=O) groups excluding carboxylic acids is 1. The summed E-state index contributed by atoms with van der Waals surface area (Å²) in [7, 11) is 1.42. The van der Waals surface area contributed by atoms with Crippen molar-refractivity contribution in [1.29, 1.82) is 0 Å². The average Bonchev–Trinajstić information content (AvgIpc) is 2.83. The zero-order valence-electron chi connectivity index (χ0n) is 10.5. The van der Waals surface area contributed by atoms with Gasteiger partial charge in [-0.2, -0.15) is 0 Å². The van der Waals surface area contributed by atoms with Crippen molar-refractivity contribution < 1.29 is 13.9 Å². The first-order valence-corrected chi connectivity index (χ1v) is 7.05. The van der Waals surface area contributed by atoms with Crippen molar-refractivity contribution in [2.24, 2.45) is 0 Å². The maximum absolute atomic E-state index is 11.9. The van der Waals surface area contributed by atoms with Gasteiger partial charge in [0.25, 0.3) is 0 Å². The summed E-state index contributed by atoms with van der Waals surface area (Å²) in [4.78, 5) is 14.2. The van der Waals surface area contributed by atoms with Crippen molar-refractivity contribution in [2.45, 2.75) is 25.2 Å². The van der Waals surface area contributed by atoms with Crippen molar-refractivity contribution in [3.63, 3.8) is 0 Å². The van der Waals surface area contributed by atoms with Gasteiger partial charge in [-0.25, -0.2) is 0 Å². The van der Waals surface area contributed by atoms with E-state index < -0.39 is 0 Å². The fourth-order valence-corrected chi connectivity index (χ4v) is 2.66. The minimum absolute atomic E-state index is 0.234. The Balaban J connectivity index is 2.07. The number of carbonyl (C=O) groups is 1. The quantitative estimate of drug-likeness (QED) is 0.801. The van der Waals surface area contributed by atoms with E-state index in [-0.39, 0.29) is 11.9 Å². The molecule has 2 heterocycles. The van der Waals surface area contributed by atoms with Crippen molar-refractivity contribution >= 4 is 21.9 Å². The van der Waals surface area contributed by atoms with E-state index in [0.29, 0.717) is 17.0 Å². The SMILES string of the molecule is COC(=O)C(CN1CCCCC1)c1ccc(Br)o1. The van der Waals surface area contributed by atoms with Crippen LogP contribution in [0.4, 0.5) is 0 Å². The topological polar surface area (TPSA) is 42.7 Å². The van der Waals surface area contributed by atoms with E-state index in [0.717, 1.165) is 13.1 Å². The molecule has 0 N–H and O–H groups in total. The van der Waals surface area contributed by atoms with Gasteiger partial charge in [0, 0.05) is 6.54 Å². The molecule has 0 saturated carbocycles. The Morgan fingerprint density at radius 1 is 1.44 bits per heavy atom. The number of likely N-dealkylation sites (tertiary alicyclic amines) is 1. The Hall–Kier alpha value is -0.810. The minimum Gasteiger partial charge on any atom is -0.468 e. The van der Waals surface area contributed by atoms with Crippen molar-refractivity contribution in [2.75, 3.05) is 26.7 Å². The van der Waals surface area contributed by atoms with E-state index in [1.54, 1.807) is 0 Å². The summed E-state index contributed by atoms with van der Waals surface area (Å²) < 4.78 is 11.0. The second kappa shape index (κ2) is 6.38. The molecule has 0 radical (unpaired) electrons. The second-order valence-electron chi connectivity index (χ2n) is 4.58. The van der Waals surface area contributed by atoms with Crippen molar-refractivity contribution in [3.05, 3.63) is 22.6 Å². The predicted molar refractivity (Wildman–Crippen MR) is 71.5 cm³/mol. The molecule has 0 spiro atoms. The summed E-state index contributed by atoms with van der Waals surface area (Å²) in [6, 6.07) is 3.64. The Morgan fingerprint density at radius 3 is 2.72 bits per heavy atom. The highest BCUT2D eigenvalue weighted by Crippen LogP contribution is 2.25. The highest BCUT2D eigenvalue weighted by Gasteiger charge is 2.27. The van der Waals surface area contributed by atoms with E-state index in [1.165, 1.54) is 26.4 Å². The molecule has 1 aliphatic rings. The zero-order chi connectivity index (χ0) is 13.0. The number of ether oxygens (including phenoxy) is 1. The van der Waals surface area contributed by atoms with E-state index in [9.17, 15) is 4.79 Å². The lowest BCUT2D eigenvalue weighted by Crippen LogP contribution is -2.36. The molecule has 0 aromatic carbocycles. The lowest BCUT2D eigenvalue weighted by Gasteiger charge is -2.28. The van der Waals surface area contributed by atoms with E-state index in [1.807, 2.05) is 12.1 Å². The highest BCUT2D eigenvalue weighted by molar-refractivity contribution is 9.10. The molecule has 5 heteroatoms. The molecule has 2 rings (SSSR count). The monoisotopic (exact) mass is 315 g/mol. The van der Waals surface area contributed by atoms with Gasteiger partial charge >= 0.3 is 5.97 Å². The maximum Gasteiger partial charge on any atom is 0.317 e. The van der Waals surface area contributed by atoms with Crippen LogP contribution >= 0.6 is 15.9 Å². The number of esters is 1. The van der Waals surface area contributed by atoms with Gasteiger partial charge in [0.05, 0.1) is 7.11 Å². The number of rotatable bonds is 4. The fourth-order valence-electron chi connectivity index (χ4n) is 2.34. The van der Waals surface area contributed by atoms with Crippen LogP contribution in [0.25, 0.3) is 0 Å². The molecule has 4 nitrogen and oxygen atoms in total. The third kappa shape index (κ3) is 3.36. The minimum atomic E-state index is -0.334. The van der Waals surface area contributed by atoms with Gasteiger partial charge in [-0.15, -0.1) is 0 Å². The van der Waals surface area contributed by atoms with Gasteiger partial charge in [0.1, 0.15) is 11.7 Å². The first-order chi connectivity index (χ1) is 8.70. The number of hydrogen-bond acceptors (Lipinski definition) is 4. The molecule has 18 heavy (non-hydrogen) atoms. The lowest BCUT2D eigenvalue weighted by molar-refractivity contribution is -0.143. The number of methoxy groups -OCH3 is 1. The molecule has 1 saturated heterocycles. The molecular formula is C13H18BrNO3. The van der Waals surface area contributed by atoms with Crippen LogP contribution in [0, 0.1) is 0 Å². The molecule has 1 atom stereocenters. The number of furan rings is 1. The predicted octanol–water partition coefficient (Wildman–Crippen LogP) is 2.78. The van der Waals surface area contributed by atoms with E-state index in [2.05, 4.69) is 20.8 Å². The van der Waals surface area contributed by atoms with Gasteiger partial charge in [-0.3, -0.25) is 4.79 Å². The summed E-state index contributed by atoms with van der Waals surface area (Å²) >= 11 is 3.26. The molecule has 1 aromatic heterocycles. The van der Waals surface area contributed by atoms with Crippen LogP contribution in [0.3, 0.4) is 0 Å². The molecule has 0 bridgehead atoms. The number of nitrogens with zero attached hydrogens (tertiary/aromatic N) is 1. The number of hydrogen-bond donors (Lipinski definition) is 0. The molecule has 100 valence electrons. The van der Waals surface area contributed by atoms with Crippen LogP contribution < -0.4 is 0 Å². The van der Waals surface area contributed by atoms with E-state index >= 15 is 0 Å². The summed E-state index contributed by atoms with van der Waals surface area (Å²) in [5.74, 6) is 0.0983. The summed E-state index contributed by atoms with van der Waals surface area (Å²) in [5.41, 5.74) is 0. The van der Waals surface area contributed by atoms with Gasteiger partial charge in [-0.1, -0.05) is 6.42 Å².